The zero-order valence-electron chi connectivity index (χ0n) is 14.3. The number of rotatable bonds is 9. The van der Waals surface area contributed by atoms with Crippen LogP contribution in [0.15, 0.2) is 0 Å². The first-order valence-electron chi connectivity index (χ1n) is 7.99. The van der Waals surface area contributed by atoms with Crippen LogP contribution in [-0.4, -0.2) is 16.2 Å². The lowest BCUT2D eigenvalue weighted by atomic mass is 9.82. The van der Waals surface area contributed by atoms with Crippen LogP contribution in [0.2, 0.25) is 0 Å². The van der Waals surface area contributed by atoms with Crippen molar-refractivity contribution in [3.63, 3.8) is 0 Å². The van der Waals surface area contributed by atoms with Crippen molar-refractivity contribution in [2.75, 3.05) is 0 Å². The highest BCUT2D eigenvalue weighted by molar-refractivity contribution is 4.83. The van der Waals surface area contributed by atoms with E-state index in [1.165, 1.54) is 6.42 Å². The van der Waals surface area contributed by atoms with Gasteiger partial charge in [-0.25, -0.2) is 0 Å². The fourth-order valence-corrected chi connectivity index (χ4v) is 2.15. The number of aliphatic hydroxyl groups is 1. The zero-order chi connectivity index (χ0) is 15.3. The van der Waals surface area contributed by atoms with E-state index in [4.69, 9.17) is 5.73 Å². The van der Waals surface area contributed by atoms with Crippen LogP contribution in [0.1, 0.15) is 80.6 Å². The number of hydrogen-bond donors (Lipinski definition) is 2. The summed E-state index contributed by atoms with van der Waals surface area (Å²) in [6, 6.07) is 0. The molecule has 0 rings (SSSR count). The molecule has 0 heterocycles. The van der Waals surface area contributed by atoms with Crippen molar-refractivity contribution in [1.82, 2.24) is 0 Å². The van der Waals surface area contributed by atoms with Crippen LogP contribution in [0.5, 0.6) is 0 Å². The van der Waals surface area contributed by atoms with Gasteiger partial charge in [-0.3, -0.25) is 0 Å². The maximum Gasteiger partial charge on any atom is 0.0642 e. The van der Waals surface area contributed by atoms with Crippen LogP contribution in [0.3, 0.4) is 0 Å². The van der Waals surface area contributed by atoms with E-state index in [1.807, 2.05) is 6.92 Å². The van der Waals surface area contributed by atoms with E-state index < -0.39 is 5.60 Å². The molecular formula is C17H37NO. The van der Waals surface area contributed by atoms with Gasteiger partial charge in [0, 0.05) is 5.54 Å². The van der Waals surface area contributed by atoms with Crippen LogP contribution >= 0.6 is 0 Å². The summed E-state index contributed by atoms with van der Waals surface area (Å²) in [7, 11) is 0. The highest BCUT2D eigenvalue weighted by Crippen LogP contribution is 2.27. The molecule has 0 aromatic rings. The highest BCUT2D eigenvalue weighted by atomic mass is 16.3. The quantitative estimate of drug-likeness (QED) is 0.655. The first-order valence-corrected chi connectivity index (χ1v) is 7.99. The lowest BCUT2D eigenvalue weighted by Crippen LogP contribution is -2.38. The third kappa shape index (κ3) is 7.94. The van der Waals surface area contributed by atoms with Gasteiger partial charge in [0.2, 0.25) is 0 Å². The van der Waals surface area contributed by atoms with E-state index in [0.29, 0.717) is 5.92 Å². The van der Waals surface area contributed by atoms with Crippen molar-refractivity contribution in [3.05, 3.63) is 0 Å². The van der Waals surface area contributed by atoms with Gasteiger partial charge in [0.05, 0.1) is 5.60 Å². The summed E-state index contributed by atoms with van der Waals surface area (Å²) in [5.74, 6) is 1.77. The molecule has 0 saturated carbocycles. The molecule has 0 saturated heterocycles. The maximum atomic E-state index is 10.2. The normalized spacial score (nSPS) is 20.4. The molecule has 116 valence electrons. The predicted molar refractivity (Wildman–Crippen MR) is 85.1 cm³/mol. The Morgan fingerprint density at radius 2 is 1.47 bits per heavy atom. The van der Waals surface area contributed by atoms with Crippen molar-refractivity contribution in [2.24, 2.45) is 23.5 Å². The van der Waals surface area contributed by atoms with Gasteiger partial charge in [-0.05, 0) is 63.7 Å². The molecular weight excluding hydrogens is 234 g/mol. The number of nitrogens with two attached hydrogens (primary N) is 1. The minimum Gasteiger partial charge on any atom is -0.390 e. The molecule has 0 bridgehead atoms. The Bertz CT molecular complexity index is 244. The topological polar surface area (TPSA) is 46.2 Å². The van der Waals surface area contributed by atoms with E-state index in [1.54, 1.807) is 0 Å². The molecule has 0 spiro atoms. The van der Waals surface area contributed by atoms with E-state index in [2.05, 4.69) is 41.5 Å². The van der Waals surface area contributed by atoms with E-state index in [-0.39, 0.29) is 5.54 Å². The third-order valence-electron chi connectivity index (χ3n) is 4.98. The largest absolute Gasteiger partial charge is 0.390 e. The van der Waals surface area contributed by atoms with Crippen LogP contribution in [0, 0.1) is 17.8 Å². The average molecular weight is 271 g/mol. The van der Waals surface area contributed by atoms with Crippen molar-refractivity contribution in [3.8, 4) is 0 Å². The molecule has 0 aliphatic heterocycles. The summed E-state index contributed by atoms with van der Waals surface area (Å²) >= 11 is 0. The van der Waals surface area contributed by atoms with E-state index >= 15 is 0 Å². The van der Waals surface area contributed by atoms with Gasteiger partial charge in [0.1, 0.15) is 0 Å². The Morgan fingerprint density at radius 1 is 0.947 bits per heavy atom. The molecule has 3 N–H and O–H groups in total. The first kappa shape index (κ1) is 18.9. The Hall–Kier alpha value is -0.0800. The molecule has 0 aliphatic carbocycles. The summed E-state index contributed by atoms with van der Waals surface area (Å²) in [6.45, 7) is 15.1. The fourth-order valence-electron chi connectivity index (χ4n) is 2.15. The highest BCUT2D eigenvalue weighted by Gasteiger charge is 2.26. The summed E-state index contributed by atoms with van der Waals surface area (Å²) in [5.41, 5.74) is 5.75. The van der Waals surface area contributed by atoms with Gasteiger partial charge in [-0.2, -0.15) is 0 Å². The second kappa shape index (κ2) is 7.64. The molecule has 0 aromatic heterocycles. The van der Waals surface area contributed by atoms with Crippen LogP contribution in [-0.2, 0) is 0 Å². The Labute approximate surface area is 121 Å². The molecule has 0 aliphatic rings. The molecule has 0 aromatic carbocycles. The van der Waals surface area contributed by atoms with Crippen molar-refractivity contribution in [2.45, 2.75) is 91.7 Å². The second-order valence-corrected chi connectivity index (χ2v) is 7.78. The molecule has 19 heavy (non-hydrogen) atoms. The monoisotopic (exact) mass is 271 g/mol. The van der Waals surface area contributed by atoms with Gasteiger partial charge < -0.3 is 10.8 Å². The Balaban J connectivity index is 4.04. The molecule has 0 fully saturated rings. The Morgan fingerprint density at radius 3 is 1.89 bits per heavy atom. The van der Waals surface area contributed by atoms with Crippen LogP contribution in [0.25, 0.3) is 0 Å². The lowest BCUT2D eigenvalue weighted by molar-refractivity contribution is 0.00193. The first-order chi connectivity index (χ1) is 8.48. The van der Waals surface area contributed by atoms with Crippen molar-refractivity contribution in [1.29, 1.82) is 0 Å². The minimum absolute atomic E-state index is 0.0871. The summed E-state index contributed by atoms with van der Waals surface area (Å²) in [5, 5.41) is 10.2. The molecule has 2 heteroatoms. The fraction of sp³-hybridized carbons (Fsp3) is 1.00. The van der Waals surface area contributed by atoms with Gasteiger partial charge in [0.15, 0.2) is 0 Å². The smallest absolute Gasteiger partial charge is 0.0642 e. The van der Waals surface area contributed by atoms with Gasteiger partial charge in [-0.1, -0.05) is 34.6 Å². The van der Waals surface area contributed by atoms with E-state index in [0.717, 1.165) is 37.5 Å². The molecule has 3 unspecified atom stereocenters. The standard InChI is InChI=1S/C17H37NO/c1-13(2)15(5)9-12-16(6,18)10-8-11-17(7,19)14(3)4/h13-15,19H,8-12,18H2,1-7H3. The molecule has 2 nitrogen and oxygen atoms in total. The predicted octanol–water partition coefficient (Wildman–Crippen LogP) is 4.35. The van der Waals surface area contributed by atoms with Crippen LogP contribution in [0.4, 0.5) is 0 Å². The second-order valence-electron chi connectivity index (χ2n) is 7.78. The average Bonchev–Trinajstić information content (AvgIpc) is 2.24. The zero-order valence-corrected chi connectivity index (χ0v) is 14.3. The maximum absolute atomic E-state index is 10.2. The number of hydrogen-bond acceptors (Lipinski definition) is 2. The van der Waals surface area contributed by atoms with Gasteiger partial charge in [-0.15, -0.1) is 0 Å². The molecule has 3 atom stereocenters. The molecule has 0 radical (unpaired) electrons. The van der Waals surface area contributed by atoms with Gasteiger partial charge in [0.25, 0.3) is 0 Å². The van der Waals surface area contributed by atoms with Crippen molar-refractivity contribution < 1.29 is 5.11 Å². The summed E-state index contributed by atoms with van der Waals surface area (Å²) in [4.78, 5) is 0. The van der Waals surface area contributed by atoms with Crippen LogP contribution < -0.4 is 5.73 Å². The minimum atomic E-state index is -0.554. The Kier molecular flexibility index (Phi) is 7.60. The summed E-state index contributed by atoms with van der Waals surface area (Å²) in [6.07, 6.45) is 5.13. The van der Waals surface area contributed by atoms with Crippen molar-refractivity contribution >= 4 is 0 Å². The SMILES string of the molecule is CC(C)C(C)CCC(C)(N)CCCC(C)(O)C(C)C. The lowest BCUT2D eigenvalue weighted by Gasteiger charge is -2.31. The summed E-state index contributed by atoms with van der Waals surface area (Å²) < 4.78 is 0. The van der Waals surface area contributed by atoms with Gasteiger partial charge >= 0.3 is 0 Å². The molecule has 0 amide bonds. The van der Waals surface area contributed by atoms with E-state index in [9.17, 15) is 5.11 Å². The third-order valence-corrected chi connectivity index (χ3v) is 4.98.